The first-order chi connectivity index (χ1) is 9.95. The van der Waals surface area contributed by atoms with Crippen molar-refractivity contribution in [3.63, 3.8) is 0 Å². The van der Waals surface area contributed by atoms with Crippen molar-refractivity contribution in [2.24, 2.45) is 0 Å². The van der Waals surface area contributed by atoms with Gasteiger partial charge in [0.1, 0.15) is 6.20 Å². The maximum absolute atomic E-state index is 11.2. The van der Waals surface area contributed by atoms with Crippen LogP contribution in [0.15, 0.2) is 6.20 Å². The van der Waals surface area contributed by atoms with E-state index in [1.165, 1.54) is 6.20 Å². The molecule has 8 heteroatoms. The number of ether oxygens (including phenoxy) is 1. The van der Waals surface area contributed by atoms with Gasteiger partial charge in [0.15, 0.2) is 0 Å². The lowest BCUT2D eigenvalue weighted by molar-refractivity contribution is -0.384. The Bertz CT molecular complexity index is 521. The molecule has 0 atom stereocenters. The molecule has 116 valence electrons. The van der Waals surface area contributed by atoms with Crippen LogP contribution in [0.3, 0.4) is 0 Å². The van der Waals surface area contributed by atoms with E-state index in [2.05, 4.69) is 15.3 Å². The maximum atomic E-state index is 11.2. The van der Waals surface area contributed by atoms with Crippen LogP contribution in [0.25, 0.3) is 0 Å². The van der Waals surface area contributed by atoms with Gasteiger partial charge in [-0.1, -0.05) is 6.92 Å². The van der Waals surface area contributed by atoms with Gasteiger partial charge in [0.05, 0.1) is 23.7 Å². The van der Waals surface area contributed by atoms with E-state index in [1.807, 2.05) is 25.7 Å². The predicted molar refractivity (Wildman–Crippen MR) is 79.7 cm³/mol. The maximum Gasteiger partial charge on any atom is 0.329 e. The third-order valence-electron chi connectivity index (χ3n) is 3.38. The van der Waals surface area contributed by atoms with Crippen LogP contribution in [0, 0.1) is 10.1 Å². The molecule has 0 spiro atoms. The highest BCUT2D eigenvalue weighted by Crippen LogP contribution is 2.32. The van der Waals surface area contributed by atoms with Gasteiger partial charge in [0.25, 0.3) is 0 Å². The summed E-state index contributed by atoms with van der Waals surface area (Å²) in [6, 6.07) is 0. The number of hydrogen-bond acceptors (Lipinski definition) is 7. The standard InChI is InChI=1S/C13H21N5O3/c1-4-5-14-12-15-8-10(18(19)20)11(16-12)17-6-7-21-9-13(17,2)3/h8H,4-7,9H2,1-3H3,(H,14,15,16). The Hall–Kier alpha value is -1.96. The zero-order valence-corrected chi connectivity index (χ0v) is 12.6. The van der Waals surface area contributed by atoms with Crippen molar-refractivity contribution >= 4 is 17.5 Å². The molecule has 1 fully saturated rings. The summed E-state index contributed by atoms with van der Waals surface area (Å²) in [5.41, 5.74) is -0.425. The number of nitrogens with zero attached hydrogens (tertiary/aromatic N) is 4. The van der Waals surface area contributed by atoms with Crippen molar-refractivity contribution in [3.8, 4) is 0 Å². The Balaban J connectivity index is 2.40. The molecule has 0 unspecified atom stereocenters. The lowest BCUT2D eigenvalue weighted by atomic mass is 10.0. The molecule has 2 rings (SSSR count). The number of nitro groups is 1. The Morgan fingerprint density at radius 2 is 2.33 bits per heavy atom. The molecule has 1 saturated heterocycles. The monoisotopic (exact) mass is 295 g/mol. The zero-order valence-electron chi connectivity index (χ0n) is 12.6. The fraction of sp³-hybridized carbons (Fsp3) is 0.692. The van der Waals surface area contributed by atoms with Gasteiger partial charge in [-0.2, -0.15) is 4.98 Å². The van der Waals surface area contributed by atoms with E-state index < -0.39 is 4.92 Å². The summed E-state index contributed by atoms with van der Waals surface area (Å²) in [5.74, 6) is 0.765. The van der Waals surface area contributed by atoms with Crippen LogP contribution < -0.4 is 10.2 Å². The second-order valence-corrected chi connectivity index (χ2v) is 5.60. The molecule has 1 N–H and O–H groups in total. The highest BCUT2D eigenvalue weighted by atomic mass is 16.6. The zero-order chi connectivity index (χ0) is 15.5. The molecule has 0 bridgehead atoms. The number of hydrogen-bond donors (Lipinski definition) is 1. The normalized spacial score (nSPS) is 17.6. The summed E-state index contributed by atoms with van der Waals surface area (Å²) in [5, 5.41) is 14.3. The summed E-state index contributed by atoms with van der Waals surface area (Å²) >= 11 is 0. The summed E-state index contributed by atoms with van der Waals surface area (Å²) in [4.78, 5) is 21.1. The van der Waals surface area contributed by atoms with Gasteiger partial charge in [-0.15, -0.1) is 0 Å². The Kier molecular flexibility index (Phi) is 4.56. The molecule has 0 aromatic carbocycles. The Morgan fingerprint density at radius 1 is 1.57 bits per heavy atom. The second-order valence-electron chi connectivity index (χ2n) is 5.60. The number of aromatic nitrogens is 2. The fourth-order valence-corrected chi connectivity index (χ4v) is 2.27. The Morgan fingerprint density at radius 3 is 2.95 bits per heavy atom. The number of rotatable bonds is 5. The molecule has 2 heterocycles. The van der Waals surface area contributed by atoms with Crippen molar-refractivity contribution in [3.05, 3.63) is 16.3 Å². The summed E-state index contributed by atoms with van der Waals surface area (Å²) in [7, 11) is 0. The van der Waals surface area contributed by atoms with Gasteiger partial charge in [0.2, 0.25) is 11.8 Å². The molecule has 0 radical (unpaired) electrons. The highest BCUT2D eigenvalue weighted by molar-refractivity contribution is 5.60. The van der Waals surface area contributed by atoms with Gasteiger partial charge in [-0.05, 0) is 20.3 Å². The quantitative estimate of drug-likeness (QED) is 0.654. The molecular formula is C13H21N5O3. The van der Waals surface area contributed by atoms with Crippen LogP contribution >= 0.6 is 0 Å². The van der Waals surface area contributed by atoms with Crippen LogP contribution in [-0.2, 0) is 4.74 Å². The molecule has 0 aliphatic carbocycles. The van der Waals surface area contributed by atoms with Crippen molar-refractivity contribution in [1.29, 1.82) is 0 Å². The minimum Gasteiger partial charge on any atom is -0.377 e. The van der Waals surface area contributed by atoms with Crippen LogP contribution in [0.4, 0.5) is 17.5 Å². The number of nitrogens with one attached hydrogen (secondary N) is 1. The molecular weight excluding hydrogens is 274 g/mol. The van der Waals surface area contributed by atoms with Gasteiger partial charge in [-0.25, -0.2) is 4.98 Å². The third-order valence-corrected chi connectivity index (χ3v) is 3.38. The molecule has 1 aliphatic heterocycles. The summed E-state index contributed by atoms with van der Waals surface area (Å²) in [6.07, 6.45) is 2.20. The van der Waals surface area contributed by atoms with Crippen molar-refractivity contribution in [2.45, 2.75) is 32.7 Å². The first kappa shape index (κ1) is 15.4. The fourth-order valence-electron chi connectivity index (χ4n) is 2.27. The minimum absolute atomic E-state index is 0.0768. The average Bonchev–Trinajstić information content (AvgIpc) is 2.44. The van der Waals surface area contributed by atoms with E-state index in [9.17, 15) is 10.1 Å². The largest absolute Gasteiger partial charge is 0.377 e. The van der Waals surface area contributed by atoms with Crippen molar-refractivity contribution in [2.75, 3.05) is 36.5 Å². The molecule has 1 aliphatic rings. The molecule has 1 aromatic rings. The van der Waals surface area contributed by atoms with Crippen molar-refractivity contribution in [1.82, 2.24) is 9.97 Å². The average molecular weight is 295 g/mol. The lowest BCUT2D eigenvalue weighted by Crippen LogP contribution is -2.53. The minimum atomic E-state index is -0.440. The molecule has 0 saturated carbocycles. The highest BCUT2D eigenvalue weighted by Gasteiger charge is 2.36. The molecule has 8 nitrogen and oxygen atoms in total. The van der Waals surface area contributed by atoms with Gasteiger partial charge in [-0.3, -0.25) is 10.1 Å². The smallest absolute Gasteiger partial charge is 0.329 e. The van der Waals surface area contributed by atoms with Gasteiger partial charge < -0.3 is 15.0 Å². The number of anilines is 2. The van der Waals surface area contributed by atoms with E-state index in [0.29, 0.717) is 31.5 Å². The van der Waals surface area contributed by atoms with E-state index in [0.717, 1.165) is 13.0 Å². The van der Waals surface area contributed by atoms with Crippen LogP contribution in [0.1, 0.15) is 27.2 Å². The first-order valence-electron chi connectivity index (χ1n) is 7.06. The van der Waals surface area contributed by atoms with Crippen LogP contribution in [0.5, 0.6) is 0 Å². The van der Waals surface area contributed by atoms with Gasteiger partial charge >= 0.3 is 5.69 Å². The topological polar surface area (TPSA) is 93.4 Å². The van der Waals surface area contributed by atoms with Gasteiger partial charge in [0, 0.05) is 13.1 Å². The van der Waals surface area contributed by atoms with Crippen molar-refractivity contribution < 1.29 is 9.66 Å². The molecule has 21 heavy (non-hydrogen) atoms. The van der Waals surface area contributed by atoms with Crippen LogP contribution in [0.2, 0.25) is 0 Å². The van der Waals surface area contributed by atoms with Crippen LogP contribution in [-0.4, -0.2) is 46.7 Å². The number of morpholine rings is 1. The molecule has 0 amide bonds. The van der Waals surface area contributed by atoms with E-state index in [4.69, 9.17) is 4.74 Å². The first-order valence-corrected chi connectivity index (χ1v) is 7.06. The second kappa shape index (κ2) is 6.21. The lowest BCUT2D eigenvalue weighted by Gasteiger charge is -2.42. The third kappa shape index (κ3) is 3.38. The predicted octanol–water partition coefficient (Wildman–Crippen LogP) is 1.82. The van der Waals surface area contributed by atoms with E-state index >= 15 is 0 Å². The summed E-state index contributed by atoms with van der Waals surface area (Å²) < 4.78 is 5.46. The molecule has 1 aromatic heterocycles. The van der Waals surface area contributed by atoms with E-state index in [-0.39, 0.29) is 11.2 Å². The summed E-state index contributed by atoms with van der Waals surface area (Å²) in [6.45, 7) is 8.33. The Labute approximate surface area is 123 Å². The SMILES string of the molecule is CCCNc1ncc([N+](=O)[O-])c(N2CCOCC2(C)C)n1. The van der Waals surface area contributed by atoms with E-state index in [1.54, 1.807) is 0 Å².